The number of carbonyl (C=O) groups excluding carboxylic acids is 4. The number of epoxide rings is 1. The lowest BCUT2D eigenvalue weighted by molar-refractivity contribution is -0.133. The van der Waals surface area contributed by atoms with Gasteiger partial charge in [0.25, 0.3) is 0 Å². The van der Waals surface area contributed by atoms with Crippen molar-refractivity contribution in [2.24, 2.45) is 0 Å². The number of methoxy groups -OCH3 is 1. The highest BCUT2D eigenvalue weighted by Crippen LogP contribution is 2.29. The van der Waals surface area contributed by atoms with Crippen molar-refractivity contribution in [3.63, 3.8) is 0 Å². The summed E-state index contributed by atoms with van der Waals surface area (Å²) in [6.45, 7) is 3.57. The number of carbonyl (C=O) groups is 4. The molecule has 1 saturated heterocycles. The molecule has 3 amide bonds. The molecule has 1 aliphatic heterocycles. The van der Waals surface area contributed by atoms with Crippen LogP contribution in [0.25, 0.3) is 6.08 Å². The molecule has 9 nitrogen and oxygen atoms in total. The minimum absolute atomic E-state index is 0.155. The van der Waals surface area contributed by atoms with Crippen LogP contribution in [0.2, 0.25) is 0 Å². The van der Waals surface area contributed by atoms with Gasteiger partial charge in [0.05, 0.1) is 19.8 Å². The molecule has 4 unspecified atom stereocenters. The maximum Gasteiger partial charge on any atom is 0.248 e. The molecule has 1 fully saturated rings. The van der Waals surface area contributed by atoms with Gasteiger partial charge in [0.2, 0.25) is 17.7 Å². The fourth-order valence-corrected chi connectivity index (χ4v) is 5.23. The van der Waals surface area contributed by atoms with Crippen molar-refractivity contribution in [1.29, 1.82) is 0 Å². The average Bonchev–Trinajstić information content (AvgIpc) is 3.63. The number of hydrogen-bond acceptors (Lipinski definition) is 6. The Morgan fingerprint density at radius 2 is 1.43 bits per heavy atom. The van der Waals surface area contributed by atoms with Crippen LogP contribution in [0.4, 0.5) is 0 Å². The van der Waals surface area contributed by atoms with E-state index in [1.807, 2.05) is 72.8 Å². The second kappa shape index (κ2) is 13.3. The number of nitrogens with one attached hydrogen (secondary N) is 3. The van der Waals surface area contributed by atoms with Gasteiger partial charge in [-0.3, -0.25) is 19.2 Å². The summed E-state index contributed by atoms with van der Waals surface area (Å²) in [6, 6.07) is 21.5. The van der Waals surface area contributed by atoms with Crippen molar-refractivity contribution < 1.29 is 28.7 Å². The van der Waals surface area contributed by atoms with Crippen LogP contribution < -0.4 is 20.7 Å². The maximum absolute atomic E-state index is 13.8. The van der Waals surface area contributed by atoms with Crippen molar-refractivity contribution in [3.8, 4) is 5.75 Å². The Labute approximate surface area is 257 Å². The average molecular weight is 596 g/mol. The monoisotopic (exact) mass is 595 g/mol. The summed E-state index contributed by atoms with van der Waals surface area (Å²) in [4.78, 5) is 53.5. The minimum atomic E-state index is -1.02. The third-order valence-electron chi connectivity index (χ3n) is 8.04. The van der Waals surface area contributed by atoms with Gasteiger partial charge in [0.15, 0.2) is 5.78 Å². The van der Waals surface area contributed by atoms with E-state index in [9.17, 15) is 19.2 Å². The van der Waals surface area contributed by atoms with E-state index in [1.54, 1.807) is 33.1 Å². The van der Waals surface area contributed by atoms with Gasteiger partial charge in [-0.15, -0.1) is 0 Å². The first-order valence-electron chi connectivity index (χ1n) is 14.7. The summed E-state index contributed by atoms with van der Waals surface area (Å²) in [7, 11) is 1.56. The van der Waals surface area contributed by atoms with Crippen molar-refractivity contribution in [3.05, 3.63) is 107 Å². The molecule has 3 aromatic carbocycles. The standard InChI is InChI=1S/C35H37N3O6/c1-22(36-33(41)27-19-25-11-7-8-12-26(25)20-27)32(40)38-30(18-24-13-15-28(43-3)16-14-24)34(42)37-29(31(39)35(2)21-44-35)17-23-9-5-4-6-10-23/h4-16,19,22,29-30H,17-18,20-21H2,1-3H3,(H,36,41)(H,37,42)(H,38,40). The number of fused-ring (bicyclic) bond motifs is 1. The van der Waals surface area contributed by atoms with E-state index in [2.05, 4.69) is 16.0 Å². The highest BCUT2D eigenvalue weighted by Gasteiger charge is 2.50. The van der Waals surface area contributed by atoms with Gasteiger partial charge >= 0.3 is 0 Å². The lowest BCUT2D eigenvalue weighted by Crippen LogP contribution is -2.57. The molecule has 1 aliphatic carbocycles. The van der Waals surface area contributed by atoms with E-state index in [0.717, 1.165) is 22.3 Å². The minimum Gasteiger partial charge on any atom is -0.497 e. The first kappa shape index (κ1) is 30.7. The van der Waals surface area contributed by atoms with Crippen molar-refractivity contribution in [2.45, 2.75) is 56.8 Å². The lowest BCUT2D eigenvalue weighted by Gasteiger charge is -2.25. The fraction of sp³-hybridized carbons (Fsp3) is 0.314. The van der Waals surface area contributed by atoms with Gasteiger partial charge < -0.3 is 25.4 Å². The van der Waals surface area contributed by atoms with Crippen LogP contribution in [-0.4, -0.2) is 60.9 Å². The zero-order valence-electron chi connectivity index (χ0n) is 25.1. The zero-order chi connectivity index (χ0) is 31.3. The summed E-state index contributed by atoms with van der Waals surface area (Å²) in [5.41, 5.74) is 3.31. The highest BCUT2D eigenvalue weighted by molar-refractivity contribution is 6.03. The summed E-state index contributed by atoms with van der Waals surface area (Å²) in [6.07, 6.45) is 2.74. The van der Waals surface area contributed by atoms with Crippen LogP contribution in [0.1, 0.15) is 36.1 Å². The molecule has 0 saturated carbocycles. The predicted octanol–water partition coefficient (Wildman–Crippen LogP) is 2.95. The van der Waals surface area contributed by atoms with Crippen molar-refractivity contribution in [1.82, 2.24) is 16.0 Å². The summed E-state index contributed by atoms with van der Waals surface area (Å²) < 4.78 is 10.7. The molecule has 3 N–H and O–H groups in total. The van der Waals surface area contributed by atoms with Crippen LogP contribution in [-0.2, 0) is 43.2 Å². The quantitative estimate of drug-likeness (QED) is 0.261. The van der Waals surface area contributed by atoms with Crippen LogP contribution in [0.3, 0.4) is 0 Å². The van der Waals surface area contributed by atoms with E-state index in [4.69, 9.17) is 9.47 Å². The van der Waals surface area contributed by atoms with E-state index in [1.165, 1.54) is 0 Å². The first-order chi connectivity index (χ1) is 21.1. The molecule has 0 aromatic heterocycles. The molecule has 0 radical (unpaired) electrons. The number of hydrogen-bond donors (Lipinski definition) is 3. The lowest BCUT2D eigenvalue weighted by atomic mass is 9.94. The van der Waals surface area contributed by atoms with Gasteiger partial charge in [-0.25, -0.2) is 0 Å². The number of benzene rings is 3. The molecular formula is C35H37N3O6. The number of ether oxygens (including phenoxy) is 2. The molecule has 3 aromatic rings. The highest BCUT2D eigenvalue weighted by atomic mass is 16.6. The Morgan fingerprint density at radius 3 is 2.09 bits per heavy atom. The van der Waals surface area contributed by atoms with Gasteiger partial charge in [0, 0.05) is 18.4 Å². The molecule has 0 spiro atoms. The SMILES string of the molecule is COc1ccc(CC(NC(=O)C(C)NC(=O)C2=Cc3ccccc3C2)C(=O)NC(Cc2ccccc2)C(=O)C2(C)CO2)cc1. The Morgan fingerprint density at radius 1 is 0.818 bits per heavy atom. The van der Waals surface area contributed by atoms with Crippen LogP contribution in [0, 0.1) is 0 Å². The van der Waals surface area contributed by atoms with Gasteiger partial charge in [-0.05, 0) is 60.7 Å². The molecular weight excluding hydrogens is 558 g/mol. The second-order valence-corrected chi connectivity index (χ2v) is 11.5. The topological polar surface area (TPSA) is 126 Å². The third kappa shape index (κ3) is 7.41. The van der Waals surface area contributed by atoms with Crippen molar-refractivity contribution in [2.75, 3.05) is 13.7 Å². The van der Waals surface area contributed by atoms with Crippen LogP contribution in [0.5, 0.6) is 5.75 Å². The maximum atomic E-state index is 13.8. The van der Waals surface area contributed by atoms with Gasteiger partial charge in [-0.2, -0.15) is 0 Å². The second-order valence-electron chi connectivity index (χ2n) is 11.5. The predicted molar refractivity (Wildman–Crippen MR) is 166 cm³/mol. The molecule has 1 heterocycles. The third-order valence-corrected chi connectivity index (χ3v) is 8.04. The van der Waals surface area contributed by atoms with E-state index in [0.29, 0.717) is 17.7 Å². The van der Waals surface area contributed by atoms with E-state index in [-0.39, 0.29) is 31.1 Å². The van der Waals surface area contributed by atoms with Crippen LogP contribution >= 0.6 is 0 Å². The first-order valence-corrected chi connectivity index (χ1v) is 14.7. The molecule has 44 heavy (non-hydrogen) atoms. The Bertz CT molecular complexity index is 1560. The summed E-state index contributed by atoms with van der Waals surface area (Å²) in [5, 5.41) is 8.46. The molecule has 4 atom stereocenters. The molecule has 5 rings (SSSR count). The number of rotatable bonds is 13. The molecule has 0 bridgehead atoms. The number of Topliss-reactive ketones (excluding diaryl/α,β-unsaturated/α-hetero) is 1. The summed E-state index contributed by atoms with van der Waals surface area (Å²) in [5.74, 6) is -0.946. The van der Waals surface area contributed by atoms with E-state index < -0.39 is 35.5 Å². The molecule has 9 heteroatoms. The number of amides is 3. The van der Waals surface area contributed by atoms with Crippen molar-refractivity contribution >= 4 is 29.6 Å². The zero-order valence-corrected chi connectivity index (χ0v) is 25.1. The Balaban J connectivity index is 1.30. The molecule has 228 valence electrons. The smallest absolute Gasteiger partial charge is 0.248 e. The fourth-order valence-electron chi connectivity index (χ4n) is 5.23. The summed E-state index contributed by atoms with van der Waals surface area (Å²) >= 11 is 0. The Hall–Kier alpha value is -4.76. The van der Waals surface area contributed by atoms with E-state index >= 15 is 0 Å². The van der Waals surface area contributed by atoms with Gasteiger partial charge in [-0.1, -0.05) is 66.7 Å². The Kier molecular flexibility index (Phi) is 9.25. The molecule has 2 aliphatic rings. The number of ketones is 1. The van der Waals surface area contributed by atoms with Gasteiger partial charge in [0.1, 0.15) is 23.4 Å². The normalized spacial score (nSPS) is 18.6. The largest absolute Gasteiger partial charge is 0.497 e. The van der Waals surface area contributed by atoms with Crippen LogP contribution in [0.15, 0.2) is 84.4 Å².